The first-order valence-electron chi connectivity index (χ1n) is 10.6. The highest BCUT2D eigenvalue weighted by Crippen LogP contribution is 2.38. The van der Waals surface area contributed by atoms with E-state index in [2.05, 4.69) is 30.5 Å². The van der Waals surface area contributed by atoms with Crippen molar-refractivity contribution in [2.24, 2.45) is 0 Å². The van der Waals surface area contributed by atoms with E-state index in [1.807, 2.05) is 18.2 Å². The molecule has 1 aromatic heterocycles. The maximum absolute atomic E-state index is 12.4. The van der Waals surface area contributed by atoms with E-state index in [-0.39, 0.29) is 11.0 Å². The van der Waals surface area contributed by atoms with Crippen LogP contribution in [0.4, 0.5) is 5.69 Å². The summed E-state index contributed by atoms with van der Waals surface area (Å²) in [5.74, 6) is 0.669. The van der Waals surface area contributed by atoms with E-state index < -0.39 is 10.0 Å². The predicted molar refractivity (Wildman–Crippen MR) is 137 cm³/mol. The number of carbonyl (C=O) groups excluding carboxylic acids is 1. The molecule has 0 amide bonds. The zero-order valence-corrected chi connectivity index (χ0v) is 20.6. The number of benzene rings is 2. The van der Waals surface area contributed by atoms with Gasteiger partial charge in [-0.25, -0.2) is 8.42 Å². The quantitative estimate of drug-likeness (QED) is 0.377. The number of anilines is 1. The number of aromatic nitrogens is 1. The molecule has 2 N–H and O–H groups in total. The van der Waals surface area contributed by atoms with Gasteiger partial charge in [-0.05, 0) is 52.9 Å². The predicted octanol–water partition coefficient (Wildman–Crippen LogP) is 4.70. The summed E-state index contributed by atoms with van der Waals surface area (Å²) in [7, 11) is -1.86. The number of hydrogen-bond acceptors (Lipinski definition) is 5. The largest absolute Gasteiger partial charge is 0.496 e. The molecule has 0 bridgehead atoms. The maximum Gasteiger partial charge on any atom is 0.255 e. The average molecular weight is 481 g/mol. The standard InChI is InChI=1S/C26H28N2O5S/c1-26(2,3)23-15-19(22-7-6-12-27-25(22)30)13-18(24(23)33-4)9-8-17-10-11-21(14-20(17)16-29)28-34(5,31)32/h6-16,28H,1-5H3,(H,27,30)/b9-8+. The number of carbonyl (C=O) groups is 1. The zero-order chi connectivity index (χ0) is 25.1. The Morgan fingerprint density at radius 3 is 2.29 bits per heavy atom. The van der Waals surface area contributed by atoms with E-state index in [9.17, 15) is 18.0 Å². The van der Waals surface area contributed by atoms with Gasteiger partial charge >= 0.3 is 0 Å². The van der Waals surface area contributed by atoms with Gasteiger partial charge in [0, 0.05) is 34.1 Å². The normalized spacial score (nSPS) is 12.0. The second kappa shape index (κ2) is 9.69. The van der Waals surface area contributed by atoms with E-state index in [1.165, 1.54) is 6.07 Å². The molecule has 0 aliphatic heterocycles. The smallest absolute Gasteiger partial charge is 0.255 e. The van der Waals surface area contributed by atoms with Gasteiger partial charge < -0.3 is 9.72 Å². The van der Waals surface area contributed by atoms with Crippen LogP contribution < -0.4 is 15.0 Å². The van der Waals surface area contributed by atoms with Gasteiger partial charge in [0.2, 0.25) is 10.0 Å². The van der Waals surface area contributed by atoms with E-state index in [4.69, 9.17) is 4.74 Å². The Balaban J connectivity index is 2.16. The maximum atomic E-state index is 12.4. The van der Waals surface area contributed by atoms with Gasteiger partial charge in [-0.2, -0.15) is 0 Å². The third kappa shape index (κ3) is 5.82. The Morgan fingerprint density at radius 2 is 1.71 bits per heavy atom. The summed E-state index contributed by atoms with van der Waals surface area (Å²) in [5.41, 5.74) is 3.73. The molecule has 0 saturated heterocycles. The molecule has 34 heavy (non-hydrogen) atoms. The van der Waals surface area contributed by atoms with E-state index in [1.54, 1.807) is 43.6 Å². The molecule has 8 heteroatoms. The first-order valence-corrected chi connectivity index (χ1v) is 12.5. The molecule has 0 aliphatic carbocycles. The molecule has 0 fully saturated rings. The molecular formula is C26H28N2O5S. The SMILES string of the molecule is COc1c(/C=C/c2ccc(NS(C)(=O)=O)cc2C=O)cc(-c2ccc[nH]c2=O)cc1C(C)(C)C. The van der Waals surface area contributed by atoms with Gasteiger partial charge in [-0.3, -0.25) is 14.3 Å². The first kappa shape index (κ1) is 25.0. The minimum absolute atomic E-state index is 0.195. The molecule has 0 spiro atoms. The van der Waals surface area contributed by atoms with E-state index in [0.29, 0.717) is 34.4 Å². The van der Waals surface area contributed by atoms with Crippen LogP contribution in [-0.4, -0.2) is 33.1 Å². The van der Waals surface area contributed by atoms with Crippen molar-refractivity contribution < 1.29 is 17.9 Å². The van der Waals surface area contributed by atoms with Crippen LogP contribution in [0.5, 0.6) is 5.75 Å². The third-order valence-corrected chi connectivity index (χ3v) is 5.82. The number of H-pyrrole nitrogens is 1. The number of pyridine rings is 1. The molecule has 0 unspecified atom stereocenters. The summed E-state index contributed by atoms with van der Waals surface area (Å²) in [6.45, 7) is 6.19. The van der Waals surface area contributed by atoms with Crippen LogP contribution in [0, 0.1) is 0 Å². The molecule has 0 radical (unpaired) electrons. The van der Waals surface area contributed by atoms with Crippen molar-refractivity contribution in [3.8, 4) is 16.9 Å². The number of rotatable bonds is 7. The molecule has 178 valence electrons. The minimum Gasteiger partial charge on any atom is -0.496 e. The lowest BCUT2D eigenvalue weighted by Crippen LogP contribution is -2.15. The third-order valence-electron chi connectivity index (χ3n) is 5.22. The highest BCUT2D eigenvalue weighted by Gasteiger charge is 2.22. The van der Waals surface area contributed by atoms with Crippen LogP contribution in [0.25, 0.3) is 23.3 Å². The number of nitrogens with one attached hydrogen (secondary N) is 2. The second-order valence-corrected chi connectivity index (χ2v) is 10.7. The van der Waals surface area contributed by atoms with E-state index in [0.717, 1.165) is 22.9 Å². The summed E-state index contributed by atoms with van der Waals surface area (Å²) in [6.07, 6.45) is 6.89. The highest BCUT2D eigenvalue weighted by atomic mass is 32.2. The average Bonchev–Trinajstić information content (AvgIpc) is 2.76. The monoisotopic (exact) mass is 480 g/mol. The van der Waals surface area contributed by atoms with Crippen molar-refractivity contribution in [2.75, 3.05) is 18.1 Å². The van der Waals surface area contributed by atoms with Crippen LogP contribution in [0.1, 0.15) is 47.8 Å². The zero-order valence-electron chi connectivity index (χ0n) is 19.8. The lowest BCUT2D eigenvalue weighted by atomic mass is 9.83. The van der Waals surface area contributed by atoms with Crippen molar-refractivity contribution in [3.63, 3.8) is 0 Å². The Bertz CT molecular complexity index is 1410. The van der Waals surface area contributed by atoms with Gasteiger partial charge in [-0.1, -0.05) is 39.0 Å². The number of aldehydes is 1. The fraction of sp³-hybridized carbons (Fsp3) is 0.231. The van der Waals surface area contributed by atoms with Gasteiger partial charge in [0.05, 0.1) is 13.4 Å². The molecular weight excluding hydrogens is 452 g/mol. The summed E-state index contributed by atoms with van der Waals surface area (Å²) in [6, 6.07) is 12.1. The lowest BCUT2D eigenvalue weighted by molar-refractivity contribution is 0.112. The Kier molecular flexibility index (Phi) is 7.12. The van der Waals surface area contributed by atoms with Crippen LogP contribution in [0.2, 0.25) is 0 Å². The van der Waals surface area contributed by atoms with Crippen molar-refractivity contribution in [1.82, 2.24) is 4.98 Å². The van der Waals surface area contributed by atoms with Crippen LogP contribution in [-0.2, 0) is 15.4 Å². The molecule has 7 nitrogen and oxygen atoms in total. The minimum atomic E-state index is -3.46. The lowest BCUT2D eigenvalue weighted by Gasteiger charge is -2.24. The van der Waals surface area contributed by atoms with Gasteiger partial charge in [0.1, 0.15) is 5.75 Å². The van der Waals surface area contributed by atoms with Crippen molar-refractivity contribution in [1.29, 1.82) is 0 Å². The first-order chi connectivity index (χ1) is 15.9. The summed E-state index contributed by atoms with van der Waals surface area (Å²) >= 11 is 0. The Morgan fingerprint density at radius 1 is 1.00 bits per heavy atom. The number of aromatic amines is 1. The molecule has 3 rings (SSSR count). The second-order valence-electron chi connectivity index (χ2n) is 8.98. The highest BCUT2D eigenvalue weighted by molar-refractivity contribution is 7.92. The molecule has 0 aliphatic rings. The van der Waals surface area contributed by atoms with Gasteiger partial charge in [-0.15, -0.1) is 0 Å². The summed E-state index contributed by atoms with van der Waals surface area (Å²) in [5, 5.41) is 0. The molecule has 0 saturated carbocycles. The number of sulfonamides is 1. The topological polar surface area (TPSA) is 105 Å². The molecule has 3 aromatic rings. The molecule has 2 aromatic carbocycles. The van der Waals surface area contributed by atoms with Crippen LogP contribution in [0.15, 0.2) is 53.5 Å². The van der Waals surface area contributed by atoms with Crippen LogP contribution in [0.3, 0.4) is 0 Å². The van der Waals surface area contributed by atoms with Gasteiger partial charge in [0.15, 0.2) is 6.29 Å². The Hall–Kier alpha value is -3.65. The van der Waals surface area contributed by atoms with Crippen molar-refractivity contribution >= 4 is 34.1 Å². The van der Waals surface area contributed by atoms with Crippen molar-refractivity contribution in [2.45, 2.75) is 26.2 Å². The molecule has 1 heterocycles. The number of ether oxygens (including phenoxy) is 1. The van der Waals surface area contributed by atoms with Crippen molar-refractivity contribution in [3.05, 3.63) is 81.3 Å². The summed E-state index contributed by atoms with van der Waals surface area (Å²) in [4.78, 5) is 26.8. The summed E-state index contributed by atoms with van der Waals surface area (Å²) < 4.78 is 31.1. The Labute approximate surface area is 199 Å². The fourth-order valence-electron chi connectivity index (χ4n) is 3.65. The molecule has 0 atom stereocenters. The van der Waals surface area contributed by atoms with Crippen LogP contribution >= 0.6 is 0 Å². The number of hydrogen-bond donors (Lipinski definition) is 2. The van der Waals surface area contributed by atoms with E-state index >= 15 is 0 Å². The van der Waals surface area contributed by atoms with Gasteiger partial charge in [0.25, 0.3) is 5.56 Å². The number of methoxy groups -OCH3 is 1. The fourth-order valence-corrected chi connectivity index (χ4v) is 4.21.